The molecule has 0 bridgehead atoms. The van der Waals surface area contributed by atoms with Gasteiger partial charge in [0.25, 0.3) is 0 Å². The smallest absolute Gasteiger partial charge is 0.223 e. The molecular weight excluding hydrogens is 274 g/mol. The zero-order valence-corrected chi connectivity index (χ0v) is 12.5. The molecule has 1 fully saturated rings. The normalized spacial score (nSPS) is 17.5. The van der Waals surface area contributed by atoms with E-state index in [9.17, 15) is 13.6 Å². The summed E-state index contributed by atoms with van der Waals surface area (Å²) in [5.74, 6) is -0.605. The third kappa shape index (κ3) is 4.00. The van der Waals surface area contributed by atoms with Crippen LogP contribution in [0, 0.1) is 17.6 Å². The Kier molecular flexibility index (Phi) is 5.28. The van der Waals surface area contributed by atoms with Crippen LogP contribution in [0.1, 0.15) is 37.8 Å². The van der Waals surface area contributed by atoms with Crippen LogP contribution in [0.25, 0.3) is 0 Å². The summed E-state index contributed by atoms with van der Waals surface area (Å²) in [5.41, 5.74) is 0.219. The lowest BCUT2D eigenvalue weighted by Gasteiger charge is -2.29. The molecule has 3 nitrogen and oxygen atoms in total. The van der Waals surface area contributed by atoms with Gasteiger partial charge in [-0.05, 0) is 57.0 Å². The van der Waals surface area contributed by atoms with E-state index in [1.807, 2.05) is 0 Å². The number of nitrogens with zero attached hydrogens (tertiary/aromatic N) is 1. The molecule has 1 aliphatic heterocycles. The quantitative estimate of drug-likeness (QED) is 0.926. The van der Waals surface area contributed by atoms with Crippen molar-refractivity contribution in [3.8, 4) is 0 Å². The molecule has 2 rings (SSSR count). The highest BCUT2D eigenvalue weighted by molar-refractivity contribution is 5.76. The number of hydrogen-bond donors (Lipinski definition) is 1. The first-order valence-corrected chi connectivity index (χ1v) is 7.40. The van der Waals surface area contributed by atoms with Gasteiger partial charge >= 0.3 is 0 Å². The Morgan fingerprint density at radius 2 is 2.05 bits per heavy atom. The summed E-state index contributed by atoms with van der Waals surface area (Å²) < 4.78 is 27.1. The Balaban J connectivity index is 2.02. The maximum atomic E-state index is 13.8. The van der Waals surface area contributed by atoms with Gasteiger partial charge in [-0.25, -0.2) is 8.78 Å². The first-order chi connectivity index (χ1) is 9.99. The highest BCUT2D eigenvalue weighted by atomic mass is 19.1. The topological polar surface area (TPSA) is 32.3 Å². The van der Waals surface area contributed by atoms with Crippen LogP contribution in [-0.4, -0.2) is 30.9 Å². The first-order valence-electron chi connectivity index (χ1n) is 7.40. The zero-order valence-electron chi connectivity index (χ0n) is 12.5. The highest BCUT2D eigenvalue weighted by Crippen LogP contribution is 2.25. The molecular formula is C16H22F2N2O. The van der Waals surface area contributed by atoms with Crippen LogP contribution < -0.4 is 5.32 Å². The second-order valence-electron chi connectivity index (χ2n) is 5.74. The van der Waals surface area contributed by atoms with Crippen LogP contribution in [0.3, 0.4) is 0 Å². The van der Waals surface area contributed by atoms with Gasteiger partial charge in [-0.2, -0.15) is 0 Å². The van der Waals surface area contributed by atoms with Crippen molar-refractivity contribution in [1.29, 1.82) is 0 Å². The molecule has 1 N–H and O–H groups in total. The molecule has 1 aromatic rings. The van der Waals surface area contributed by atoms with Crippen molar-refractivity contribution in [1.82, 2.24) is 10.2 Å². The SMILES string of the molecule is C[C@H](c1cc(F)ccc1F)N(C)C(=O)CC1CCNCC1. The van der Waals surface area contributed by atoms with Crippen molar-refractivity contribution in [2.45, 2.75) is 32.2 Å². The minimum Gasteiger partial charge on any atom is -0.339 e. The number of nitrogens with one attached hydrogen (secondary N) is 1. The largest absolute Gasteiger partial charge is 0.339 e. The number of benzene rings is 1. The Labute approximate surface area is 124 Å². The van der Waals surface area contributed by atoms with E-state index < -0.39 is 17.7 Å². The predicted molar refractivity (Wildman–Crippen MR) is 77.8 cm³/mol. The fraction of sp³-hybridized carbons (Fsp3) is 0.562. The van der Waals surface area contributed by atoms with Gasteiger partial charge in [-0.3, -0.25) is 4.79 Å². The second-order valence-corrected chi connectivity index (χ2v) is 5.74. The van der Waals surface area contributed by atoms with Gasteiger partial charge in [0.05, 0.1) is 6.04 Å². The predicted octanol–water partition coefficient (Wildman–Crippen LogP) is 2.87. The van der Waals surface area contributed by atoms with E-state index in [4.69, 9.17) is 0 Å². The number of carbonyl (C=O) groups is 1. The molecule has 1 atom stereocenters. The lowest BCUT2D eigenvalue weighted by Crippen LogP contribution is -2.34. The number of amides is 1. The Morgan fingerprint density at radius 3 is 2.71 bits per heavy atom. The Morgan fingerprint density at radius 1 is 1.38 bits per heavy atom. The third-order valence-electron chi connectivity index (χ3n) is 4.30. The monoisotopic (exact) mass is 296 g/mol. The van der Waals surface area contributed by atoms with E-state index in [0.717, 1.165) is 44.1 Å². The number of rotatable bonds is 4. The lowest BCUT2D eigenvalue weighted by molar-refractivity contribution is -0.133. The van der Waals surface area contributed by atoms with Crippen LogP contribution >= 0.6 is 0 Å². The average Bonchev–Trinajstić information content (AvgIpc) is 2.49. The number of piperidine rings is 1. The fourth-order valence-electron chi connectivity index (χ4n) is 2.74. The molecule has 0 saturated carbocycles. The van der Waals surface area contributed by atoms with Crippen LogP contribution in [0.2, 0.25) is 0 Å². The van der Waals surface area contributed by atoms with E-state index in [1.165, 1.54) is 4.90 Å². The molecule has 0 aliphatic carbocycles. The molecule has 0 radical (unpaired) electrons. The number of halogens is 2. The van der Waals surface area contributed by atoms with Crippen LogP contribution in [-0.2, 0) is 4.79 Å². The summed E-state index contributed by atoms with van der Waals surface area (Å²) in [7, 11) is 1.65. The molecule has 21 heavy (non-hydrogen) atoms. The van der Waals surface area contributed by atoms with Gasteiger partial charge < -0.3 is 10.2 Å². The zero-order chi connectivity index (χ0) is 15.4. The van der Waals surface area contributed by atoms with Crippen molar-refractivity contribution in [3.05, 3.63) is 35.4 Å². The molecule has 0 aromatic heterocycles. The molecule has 0 unspecified atom stereocenters. The molecule has 1 saturated heterocycles. The molecule has 1 aromatic carbocycles. The number of hydrogen-bond acceptors (Lipinski definition) is 2. The van der Waals surface area contributed by atoms with E-state index in [1.54, 1.807) is 14.0 Å². The summed E-state index contributed by atoms with van der Waals surface area (Å²) in [6.07, 6.45) is 2.45. The highest BCUT2D eigenvalue weighted by Gasteiger charge is 2.24. The molecule has 116 valence electrons. The summed E-state index contributed by atoms with van der Waals surface area (Å²) in [6, 6.07) is 2.87. The maximum Gasteiger partial charge on any atom is 0.223 e. The third-order valence-corrected chi connectivity index (χ3v) is 4.30. The van der Waals surface area contributed by atoms with E-state index in [2.05, 4.69) is 5.32 Å². The average molecular weight is 296 g/mol. The summed E-state index contributed by atoms with van der Waals surface area (Å²) in [5, 5.41) is 3.26. The van der Waals surface area contributed by atoms with Crippen molar-refractivity contribution in [2.24, 2.45) is 5.92 Å². The summed E-state index contributed by atoms with van der Waals surface area (Å²) >= 11 is 0. The maximum absolute atomic E-state index is 13.8. The molecule has 1 amide bonds. The van der Waals surface area contributed by atoms with Gasteiger partial charge in [0.15, 0.2) is 0 Å². The van der Waals surface area contributed by atoms with Gasteiger partial charge in [-0.15, -0.1) is 0 Å². The van der Waals surface area contributed by atoms with Crippen LogP contribution in [0.4, 0.5) is 8.78 Å². The van der Waals surface area contributed by atoms with Crippen LogP contribution in [0.15, 0.2) is 18.2 Å². The Bertz CT molecular complexity index is 501. The van der Waals surface area contributed by atoms with Gasteiger partial charge in [0.2, 0.25) is 5.91 Å². The Hall–Kier alpha value is -1.49. The van der Waals surface area contributed by atoms with Gasteiger partial charge in [-0.1, -0.05) is 0 Å². The minimum atomic E-state index is -0.488. The van der Waals surface area contributed by atoms with E-state index >= 15 is 0 Å². The van der Waals surface area contributed by atoms with Gasteiger partial charge in [0.1, 0.15) is 11.6 Å². The fourth-order valence-corrected chi connectivity index (χ4v) is 2.74. The lowest BCUT2D eigenvalue weighted by atomic mass is 9.93. The van der Waals surface area contributed by atoms with Crippen molar-refractivity contribution >= 4 is 5.91 Å². The minimum absolute atomic E-state index is 0.0157. The van der Waals surface area contributed by atoms with E-state index in [0.29, 0.717) is 12.3 Å². The van der Waals surface area contributed by atoms with E-state index in [-0.39, 0.29) is 11.5 Å². The standard InChI is InChI=1S/C16H22F2N2O/c1-11(14-10-13(17)3-4-15(14)18)20(2)16(21)9-12-5-7-19-8-6-12/h3-4,10-12,19H,5-9H2,1-2H3/t11-/m1/s1. The molecule has 1 aliphatic rings. The van der Waals surface area contributed by atoms with Crippen molar-refractivity contribution < 1.29 is 13.6 Å². The molecule has 1 heterocycles. The van der Waals surface area contributed by atoms with Gasteiger partial charge in [0, 0.05) is 19.0 Å². The molecule has 5 heteroatoms. The summed E-state index contributed by atoms with van der Waals surface area (Å²) in [4.78, 5) is 13.8. The van der Waals surface area contributed by atoms with Crippen LogP contribution in [0.5, 0.6) is 0 Å². The molecule has 0 spiro atoms. The van der Waals surface area contributed by atoms with Crippen molar-refractivity contribution in [2.75, 3.05) is 20.1 Å². The second kappa shape index (κ2) is 6.98. The first kappa shape index (κ1) is 15.9. The summed E-state index contributed by atoms with van der Waals surface area (Å²) in [6.45, 7) is 3.60. The van der Waals surface area contributed by atoms with Crippen molar-refractivity contribution in [3.63, 3.8) is 0 Å². The number of carbonyl (C=O) groups excluding carboxylic acids is 1.